The monoisotopic (exact) mass is 291 g/mol. The van der Waals surface area contributed by atoms with Crippen molar-refractivity contribution in [3.8, 4) is 11.4 Å². The molecule has 1 heterocycles. The maximum Gasteiger partial charge on any atom is 0.417 e. The Morgan fingerprint density at radius 1 is 1.10 bits per heavy atom. The highest BCUT2D eigenvalue weighted by Crippen LogP contribution is 2.36. The minimum Gasteiger partial charge on any atom is -0.338 e. The van der Waals surface area contributed by atoms with Crippen molar-refractivity contribution < 1.29 is 13.2 Å². The van der Waals surface area contributed by atoms with Crippen molar-refractivity contribution in [2.24, 2.45) is 5.73 Å². The lowest BCUT2D eigenvalue weighted by Gasteiger charge is -2.10. The van der Waals surface area contributed by atoms with Crippen LogP contribution >= 0.6 is 0 Å². The van der Waals surface area contributed by atoms with E-state index in [4.69, 9.17) is 5.73 Å². The highest BCUT2D eigenvalue weighted by molar-refractivity contribution is 5.80. The fraction of sp³-hybridized carbons (Fsp3) is 0.133. The lowest BCUT2D eigenvalue weighted by molar-refractivity contribution is -0.137. The molecule has 0 bridgehead atoms. The van der Waals surface area contributed by atoms with E-state index in [1.165, 1.54) is 12.1 Å². The Labute approximate surface area is 118 Å². The summed E-state index contributed by atoms with van der Waals surface area (Å²) >= 11 is 0. The number of rotatable bonds is 2. The van der Waals surface area contributed by atoms with Gasteiger partial charge in [-0.25, -0.2) is 4.98 Å². The largest absolute Gasteiger partial charge is 0.417 e. The van der Waals surface area contributed by atoms with E-state index < -0.39 is 11.7 Å². The molecule has 3 aromatic rings. The zero-order chi connectivity index (χ0) is 15.0. The fourth-order valence-corrected chi connectivity index (χ4v) is 2.25. The van der Waals surface area contributed by atoms with Crippen LogP contribution in [-0.2, 0) is 12.7 Å². The van der Waals surface area contributed by atoms with Gasteiger partial charge in [0.15, 0.2) is 0 Å². The molecule has 0 fully saturated rings. The number of H-pyrrole nitrogens is 1. The smallest absolute Gasteiger partial charge is 0.338 e. The Morgan fingerprint density at radius 3 is 2.57 bits per heavy atom. The molecule has 2 aromatic carbocycles. The van der Waals surface area contributed by atoms with E-state index >= 15 is 0 Å². The number of nitrogens with two attached hydrogens (primary N) is 1. The summed E-state index contributed by atoms with van der Waals surface area (Å²) in [4.78, 5) is 7.17. The van der Waals surface area contributed by atoms with Crippen LogP contribution in [0, 0.1) is 0 Å². The number of hydrogen-bond acceptors (Lipinski definition) is 2. The summed E-state index contributed by atoms with van der Waals surface area (Å²) in [6, 6.07) is 10.7. The molecular weight excluding hydrogens is 279 g/mol. The second-order valence-corrected chi connectivity index (χ2v) is 4.68. The van der Waals surface area contributed by atoms with Crippen molar-refractivity contribution in [1.29, 1.82) is 0 Å². The van der Waals surface area contributed by atoms with Gasteiger partial charge >= 0.3 is 6.18 Å². The van der Waals surface area contributed by atoms with Gasteiger partial charge in [0, 0.05) is 12.1 Å². The number of hydrogen-bond donors (Lipinski definition) is 2. The maximum absolute atomic E-state index is 13.1. The minimum atomic E-state index is -4.42. The second kappa shape index (κ2) is 4.89. The first kappa shape index (κ1) is 13.6. The summed E-state index contributed by atoms with van der Waals surface area (Å²) in [5.74, 6) is 0.201. The number of aromatic nitrogens is 2. The van der Waals surface area contributed by atoms with Gasteiger partial charge in [-0.2, -0.15) is 13.2 Å². The second-order valence-electron chi connectivity index (χ2n) is 4.68. The number of nitrogens with zero attached hydrogens (tertiary/aromatic N) is 1. The summed E-state index contributed by atoms with van der Waals surface area (Å²) in [5, 5.41) is 0. The minimum absolute atomic E-state index is 0.0375. The van der Waals surface area contributed by atoms with Crippen molar-refractivity contribution in [2.75, 3.05) is 0 Å². The molecule has 0 unspecified atom stereocenters. The summed E-state index contributed by atoms with van der Waals surface area (Å²) in [6.45, 7) is 0.365. The Kier molecular flexibility index (Phi) is 3.17. The lowest BCUT2D eigenvalue weighted by atomic mass is 10.1. The highest BCUT2D eigenvalue weighted by atomic mass is 19.4. The molecule has 6 heteroatoms. The van der Waals surface area contributed by atoms with Crippen LogP contribution in [0.1, 0.15) is 11.1 Å². The van der Waals surface area contributed by atoms with Crippen molar-refractivity contribution >= 4 is 11.0 Å². The third-order valence-corrected chi connectivity index (χ3v) is 3.27. The van der Waals surface area contributed by atoms with Gasteiger partial charge in [-0.3, -0.25) is 0 Å². The van der Waals surface area contributed by atoms with Gasteiger partial charge in [0.2, 0.25) is 0 Å². The number of benzene rings is 2. The molecule has 0 radical (unpaired) electrons. The predicted molar refractivity (Wildman–Crippen MR) is 74.4 cm³/mol. The summed E-state index contributed by atoms with van der Waals surface area (Å²) < 4.78 is 39.2. The molecular formula is C15H12F3N3. The van der Waals surface area contributed by atoms with Crippen LogP contribution in [-0.4, -0.2) is 9.97 Å². The van der Waals surface area contributed by atoms with E-state index in [2.05, 4.69) is 9.97 Å². The number of imidazole rings is 1. The number of halogens is 3. The van der Waals surface area contributed by atoms with Gasteiger partial charge in [-0.1, -0.05) is 24.3 Å². The molecule has 0 atom stereocenters. The topological polar surface area (TPSA) is 54.7 Å². The zero-order valence-corrected chi connectivity index (χ0v) is 10.9. The van der Waals surface area contributed by atoms with Crippen molar-refractivity contribution in [1.82, 2.24) is 9.97 Å². The SMILES string of the molecule is NCc1ccc2nc(-c3ccccc3C(F)(F)F)[nH]c2c1. The first-order valence-electron chi connectivity index (χ1n) is 6.34. The zero-order valence-electron chi connectivity index (χ0n) is 10.9. The van der Waals surface area contributed by atoms with E-state index in [0.29, 0.717) is 17.6 Å². The predicted octanol–water partition coefficient (Wildman–Crippen LogP) is 3.71. The van der Waals surface area contributed by atoms with Crippen molar-refractivity contribution in [3.05, 3.63) is 53.6 Å². The van der Waals surface area contributed by atoms with Crippen LogP contribution in [0.2, 0.25) is 0 Å². The quantitative estimate of drug-likeness (QED) is 0.756. The number of aromatic amines is 1. The molecule has 1 aromatic heterocycles. The standard InChI is InChI=1S/C15H12F3N3/c16-15(17,18)11-4-2-1-3-10(11)14-20-12-6-5-9(8-19)7-13(12)21-14/h1-7H,8,19H2,(H,20,21). The molecule has 0 saturated heterocycles. The van der Waals surface area contributed by atoms with E-state index in [1.54, 1.807) is 18.2 Å². The van der Waals surface area contributed by atoms with Gasteiger partial charge in [0.1, 0.15) is 5.82 Å². The molecule has 0 aliphatic heterocycles. The highest BCUT2D eigenvalue weighted by Gasteiger charge is 2.34. The van der Waals surface area contributed by atoms with Gasteiger partial charge in [0.25, 0.3) is 0 Å². The summed E-state index contributed by atoms with van der Waals surface area (Å²) in [7, 11) is 0. The summed E-state index contributed by atoms with van der Waals surface area (Å²) in [6.07, 6.45) is -4.42. The van der Waals surface area contributed by atoms with Crippen molar-refractivity contribution in [3.63, 3.8) is 0 Å². The molecule has 0 amide bonds. The first-order valence-corrected chi connectivity index (χ1v) is 6.34. The summed E-state index contributed by atoms with van der Waals surface area (Å²) in [5.41, 5.74) is 7.06. The number of alkyl halides is 3. The maximum atomic E-state index is 13.1. The van der Waals surface area contributed by atoms with Crippen LogP contribution in [0.4, 0.5) is 13.2 Å². The Hall–Kier alpha value is -2.34. The first-order chi connectivity index (χ1) is 9.99. The van der Waals surface area contributed by atoms with E-state index in [1.807, 2.05) is 6.07 Å². The number of nitrogens with one attached hydrogen (secondary N) is 1. The van der Waals surface area contributed by atoms with Gasteiger partial charge in [-0.05, 0) is 23.8 Å². The molecule has 108 valence electrons. The molecule has 0 aliphatic rings. The third kappa shape index (κ3) is 2.50. The molecule has 21 heavy (non-hydrogen) atoms. The Bertz CT molecular complexity index is 790. The lowest BCUT2D eigenvalue weighted by Crippen LogP contribution is -2.07. The van der Waals surface area contributed by atoms with E-state index in [0.717, 1.165) is 11.6 Å². The molecule has 3 rings (SSSR count). The third-order valence-electron chi connectivity index (χ3n) is 3.27. The van der Waals surface area contributed by atoms with E-state index in [-0.39, 0.29) is 11.4 Å². The molecule has 0 saturated carbocycles. The number of fused-ring (bicyclic) bond motifs is 1. The molecule has 0 aliphatic carbocycles. The Balaban J connectivity index is 2.17. The van der Waals surface area contributed by atoms with Crippen LogP contribution in [0.15, 0.2) is 42.5 Å². The molecule has 3 N–H and O–H groups in total. The van der Waals surface area contributed by atoms with Crippen LogP contribution in [0.3, 0.4) is 0 Å². The molecule has 3 nitrogen and oxygen atoms in total. The van der Waals surface area contributed by atoms with E-state index in [9.17, 15) is 13.2 Å². The van der Waals surface area contributed by atoms with Gasteiger partial charge in [0.05, 0.1) is 16.6 Å². The van der Waals surface area contributed by atoms with Crippen molar-refractivity contribution in [2.45, 2.75) is 12.7 Å². The van der Waals surface area contributed by atoms with Gasteiger partial charge < -0.3 is 10.7 Å². The molecule has 0 spiro atoms. The van der Waals surface area contributed by atoms with Crippen LogP contribution in [0.5, 0.6) is 0 Å². The average Bonchev–Trinajstić information content (AvgIpc) is 2.89. The van der Waals surface area contributed by atoms with Gasteiger partial charge in [-0.15, -0.1) is 0 Å². The van der Waals surface area contributed by atoms with Crippen LogP contribution < -0.4 is 5.73 Å². The fourth-order valence-electron chi connectivity index (χ4n) is 2.25. The normalized spacial score (nSPS) is 12.0. The Morgan fingerprint density at radius 2 is 1.86 bits per heavy atom. The van der Waals surface area contributed by atoms with Crippen LogP contribution in [0.25, 0.3) is 22.4 Å². The average molecular weight is 291 g/mol.